The van der Waals surface area contributed by atoms with Gasteiger partial charge in [0.05, 0.1) is 11.4 Å². The van der Waals surface area contributed by atoms with Gasteiger partial charge in [-0.25, -0.2) is 9.97 Å². The van der Waals surface area contributed by atoms with Crippen molar-refractivity contribution in [3.05, 3.63) is 47.8 Å². The van der Waals surface area contributed by atoms with Crippen LogP contribution in [0.2, 0.25) is 0 Å². The lowest BCUT2D eigenvalue weighted by atomic mass is 9.86. The second kappa shape index (κ2) is 5.01. The van der Waals surface area contributed by atoms with Gasteiger partial charge in [-0.2, -0.15) is 0 Å². The van der Waals surface area contributed by atoms with Crippen molar-refractivity contribution in [3.8, 4) is 11.4 Å². The SMILES string of the molecule is CC(C)(C)c1cc(C(C)(C)C)nc(-c2ccccc2)n1. The molecule has 0 aliphatic rings. The first kappa shape index (κ1) is 14.7. The van der Waals surface area contributed by atoms with Gasteiger partial charge in [0.1, 0.15) is 0 Å². The quantitative estimate of drug-likeness (QED) is 0.746. The van der Waals surface area contributed by atoms with Crippen LogP contribution in [0.15, 0.2) is 36.4 Å². The Hall–Kier alpha value is -1.70. The molecule has 1 aromatic heterocycles. The molecule has 0 saturated carbocycles. The topological polar surface area (TPSA) is 25.8 Å². The van der Waals surface area contributed by atoms with E-state index in [4.69, 9.17) is 9.97 Å². The van der Waals surface area contributed by atoms with Crippen molar-refractivity contribution in [2.75, 3.05) is 0 Å². The first-order chi connectivity index (χ1) is 9.18. The monoisotopic (exact) mass is 268 g/mol. The minimum Gasteiger partial charge on any atom is -0.233 e. The number of hydrogen-bond acceptors (Lipinski definition) is 2. The largest absolute Gasteiger partial charge is 0.233 e. The molecule has 2 aromatic rings. The van der Waals surface area contributed by atoms with Gasteiger partial charge in [-0.3, -0.25) is 0 Å². The molecule has 0 bridgehead atoms. The average molecular weight is 268 g/mol. The summed E-state index contributed by atoms with van der Waals surface area (Å²) in [5.74, 6) is 0.822. The molecule has 0 radical (unpaired) electrons. The summed E-state index contributed by atoms with van der Waals surface area (Å²) in [5.41, 5.74) is 3.30. The molecule has 0 unspecified atom stereocenters. The Labute approximate surface area is 122 Å². The third kappa shape index (κ3) is 3.24. The summed E-state index contributed by atoms with van der Waals surface area (Å²) in [5, 5.41) is 0. The summed E-state index contributed by atoms with van der Waals surface area (Å²) in [7, 11) is 0. The first-order valence-corrected chi connectivity index (χ1v) is 7.13. The van der Waals surface area contributed by atoms with E-state index in [2.05, 4.69) is 59.7 Å². The van der Waals surface area contributed by atoms with Crippen LogP contribution in [0.25, 0.3) is 11.4 Å². The highest BCUT2D eigenvalue weighted by atomic mass is 14.9. The Balaban J connectivity index is 2.64. The number of hydrogen-bond donors (Lipinski definition) is 0. The van der Waals surface area contributed by atoms with Gasteiger partial charge >= 0.3 is 0 Å². The molecule has 0 spiro atoms. The van der Waals surface area contributed by atoms with Gasteiger partial charge in [0.25, 0.3) is 0 Å². The molecule has 1 aromatic carbocycles. The van der Waals surface area contributed by atoms with Crippen LogP contribution >= 0.6 is 0 Å². The lowest BCUT2D eigenvalue weighted by Crippen LogP contribution is -2.20. The molecule has 1 heterocycles. The molecular weight excluding hydrogens is 244 g/mol. The Bertz CT molecular complexity index is 555. The van der Waals surface area contributed by atoms with E-state index in [1.165, 1.54) is 0 Å². The predicted molar refractivity (Wildman–Crippen MR) is 84.9 cm³/mol. The van der Waals surface area contributed by atoms with Crippen molar-refractivity contribution < 1.29 is 0 Å². The maximum Gasteiger partial charge on any atom is 0.159 e. The zero-order valence-corrected chi connectivity index (χ0v) is 13.4. The lowest BCUT2D eigenvalue weighted by Gasteiger charge is -2.24. The van der Waals surface area contributed by atoms with Crippen molar-refractivity contribution in [2.24, 2.45) is 0 Å². The molecular formula is C18H24N2. The molecule has 0 aliphatic carbocycles. The summed E-state index contributed by atoms with van der Waals surface area (Å²) in [4.78, 5) is 9.55. The maximum atomic E-state index is 4.78. The highest BCUT2D eigenvalue weighted by Gasteiger charge is 2.23. The van der Waals surface area contributed by atoms with Crippen molar-refractivity contribution in [1.82, 2.24) is 9.97 Å². The minimum atomic E-state index is 0.0203. The van der Waals surface area contributed by atoms with Crippen molar-refractivity contribution in [2.45, 2.75) is 52.4 Å². The number of rotatable bonds is 1. The maximum absolute atomic E-state index is 4.78. The molecule has 0 aliphatic heterocycles. The van der Waals surface area contributed by atoms with Crippen molar-refractivity contribution >= 4 is 0 Å². The van der Waals surface area contributed by atoms with Crippen LogP contribution < -0.4 is 0 Å². The van der Waals surface area contributed by atoms with E-state index in [9.17, 15) is 0 Å². The van der Waals surface area contributed by atoms with E-state index in [1.54, 1.807) is 0 Å². The molecule has 2 heteroatoms. The Morgan fingerprint density at radius 2 is 1.15 bits per heavy atom. The Kier molecular flexibility index (Phi) is 3.68. The van der Waals surface area contributed by atoms with Crippen LogP contribution in [0.3, 0.4) is 0 Å². The van der Waals surface area contributed by atoms with E-state index in [0.29, 0.717) is 0 Å². The molecule has 2 nitrogen and oxygen atoms in total. The first-order valence-electron chi connectivity index (χ1n) is 7.13. The molecule has 0 atom stereocenters. The fourth-order valence-corrected chi connectivity index (χ4v) is 1.93. The van der Waals surface area contributed by atoms with E-state index in [-0.39, 0.29) is 10.8 Å². The summed E-state index contributed by atoms with van der Waals surface area (Å²) < 4.78 is 0. The third-order valence-corrected chi connectivity index (χ3v) is 3.29. The van der Waals surface area contributed by atoms with Gasteiger partial charge in [0, 0.05) is 16.4 Å². The third-order valence-electron chi connectivity index (χ3n) is 3.29. The normalized spacial score (nSPS) is 12.5. The van der Waals surface area contributed by atoms with Crippen molar-refractivity contribution in [1.29, 1.82) is 0 Å². The van der Waals surface area contributed by atoms with Crippen LogP contribution in [0.5, 0.6) is 0 Å². The van der Waals surface area contributed by atoms with E-state index < -0.39 is 0 Å². The highest BCUT2D eigenvalue weighted by molar-refractivity contribution is 5.55. The van der Waals surface area contributed by atoms with Crippen LogP contribution in [-0.4, -0.2) is 9.97 Å². The van der Waals surface area contributed by atoms with Gasteiger partial charge < -0.3 is 0 Å². The zero-order valence-electron chi connectivity index (χ0n) is 13.4. The molecule has 0 N–H and O–H groups in total. The summed E-state index contributed by atoms with van der Waals surface area (Å²) in [6.45, 7) is 13.1. The second-order valence-electron chi connectivity index (χ2n) is 7.33. The smallest absolute Gasteiger partial charge is 0.159 e. The van der Waals surface area contributed by atoms with Crippen LogP contribution in [0, 0.1) is 0 Å². The second-order valence-corrected chi connectivity index (χ2v) is 7.33. The van der Waals surface area contributed by atoms with Crippen LogP contribution in [-0.2, 0) is 10.8 Å². The molecule has 0 saturated heterocycles. The Morgan fingerprint density at radius 1 is 0.700 bits per heavy atom. The molecule has 0 amide bonds. The minimum absolute atomic E-state index is 0.0203. The van der Waals surface area contributed by atoms with Gasteiger partial charge in [0.15, 0.2) is 5.82 Å². The number of benzene rings is 1. The van der Waals surface area contributed by atoms with E-state index in [0.717, 1.165) is 22.8 Å². The highest BCUT2D eigenvalue weighted by Crippen LogP contribution is 2.28. The summed E-state index contributed by atoms with van der Waals surface area (Å²) >= 11 is 0. The zero-order chi connectivity index (χ0) is 15.0. The van der Waals surface area contributed by atoms with Crippen molar-refractivity contribution in [3.63, 3.8) is 0 Å². The predicted octanol–water partition coefficient (Wildman–Crippen LogP) is 4.74. The summed E-state index contributed by atoms with van der Waals surface area (Å²) in [6, 6.07) is 12.3. The average Bonchev–Trinajstić information content (AvgIpc) is 2.37. The van der Waals surface area contributed by atoms with E-state index >= 15 is 0 Å². The standard InChI is InChI=1S/C18H24N2/c1-17(2,3)14-12-15(18(4,5)6)20-16(19-14)13-10-8-7-9-11-13/h7-12H,1-6H3. The number of nitrogens with zero attached hydrogens (tertiary/aromatic N) is 2. The molecule has 106 valence electrons. The summed E-state index contributed by atoms with van der Waals surface area (Å²) in [6.07, 6.45) is 0. The van der Waals surface area contributed by atoms with Gasteiger partial charge in [-0.1, -0.05) is 71.9 Å². The van der Waals surface area contributed by atoms with Gasteiger partial charge in [-0.05, 0) is 6.07 Å². The molecule has 20 heavy (non-hydrogen) atoms. The molecule has 0 fully saturated rings. The fraction of sp³-hybridized carbons (Fsp3) is 0.444. The number of aromatic nitrogens is 2. The lowest BCUT2D eigenvalue weighted by molar-refractivity contribution is 0.539. The van der Waals surface area contributed by atoms with Gasteiger partial charge in [-0.15, -0.1) is 0 Å². The van der Waals surface area contributed by atoms with Crippen LogP contribution in [0.1, 0.15) is 52.9 Å². The fourth-order valence-electron chi connectivity index (χ4n) is 1.93. The molecule has 2 rings (SSSR count). The Morgan fingerprint density at radius 3 is 1.55 bits per heavy atom. The van der Waals surface area contributed by atoms with Crippen LogP contribution in [0.4, 0.5) is 0 Å². The van der Waals surface area contributed by atoms with E-state index in [1.807, 2.05) is 18.2 Å². The van der Waals surface area contributed by atoms with Gasteiger partial charge in [0.2, 0.25) is 0 Å².